The van der Waals surface area contributed by atoms with Gasteiger partial charge in [0.2, 0.25) is 0 Å². The molecule has 0 aliphatic carbocycles. The first-order valence-corrected chi connectivity index (χ1v) is 4.81. The topological polar surface area (TPSA) is 26.3 Å². The lowest BCUT2D eigenvalue weighted by Gasteiger charge is -2.10. The predicted octanol–water partition coefficient (Wildman–Crippen LogP) is 3.14. The fraction of sp³-hybridized carbons (Fsp3) is 0.727. The molecule has 0 rings (SSSR count). The third-order valence-electron chi connectivity index (χ3n) is 1.40. The predicted molar refractivity (Wildman–Crippen MR) is 54.1 cm³/mol. The zero-order valence-electron chi connectivity index (χ0n) is 9.26. The van der Waals surface area contributed by atoms with Gasteiger partial charge in [0.1, 0.15) is 5.76 Å². The molecule has 76 valence electrons. The molecule has 0 aliphatic heterocycles. The standard InChI is InChI=1S/C11H20O2/c1-8(2)6-11(7-9(3)4)13-10(5)12/h6,8-9H,7H2,1-5H3. The summed E-state index contributed by atoms with van der Waals surface area (Å²) in [6.45, 7) is 9.80. The maximum atomic E-state index is 10.8. The van der Waals surface area contributed by atoms with Crippen molar-refractivity contribution < 1.29 is 9.53 Å². The van der Waals surface area contributed by atoms with Crippen LogP contribution in [0.1, 0.15) is 41.0 Å². The van der Waals surface area contributed by atoms with E-state index in [1.165, 1.54) is 6.92 Å². The van der Waals surface area contributed by atoms with Crippen LogP contribution in [-0.2, 0) is 9.53 Å². The van der Waals surface area contributed by atoms with Crippen molar-refractivity contribution in [3.05, 3.63) is 11.8 Å². The largest absolute Gasteiger partial charge is 0.432 e. The minimum Gasteiger partial charge on any atom is -0.432 e. The summed E-state index contributed by atoms with van der Waals surface area (Å²) in [6, 6.07) is 0. The Hall–Kier alpha value is -0.790. The number of rotatable bonds is 4. The zero-order chi connectivity index (χ0) is 10.4. The first-order valence-electron chi connectivity index (χ1n) is 4.81. The van der Waals surface area contributed by atoms with Crippen molar-refractivity contribution in [3.63, 3.8) is 0 Å². The van der Waals surface area contributed by atoms with Crippen LogP contribution in [0.4, 0.5) is 0 Å². The quantitative estimate of drug-likeness (QED) is 0.495. The third kappa shape index (κ3) is 7.57. The molecule has 0 spiro atoms. The minimum atomic E-state index is -0.229. The molecule has 0 saturated carbocycles. The van der Waals surface area contributed by atoms with Crippen molar-refractivity contribution >= 4 is 5.97 Å². The Kier molecular flexibility index (Phi) is 5.44. The molecule has 0 aromatic heterocycles. The second kappa shape index (κ2) is 5.79. The average Bonchev–Trinajstić information content (AvgIpc) is 1.80. The number of ether oxygens (including phenoxy) is 1. The number of hydrogen-bond acceptors (Lipinski definition) is 2. The molecule has 0 fully saturated rings. The van der Waals surface area contributed by atoms with E-state index in [-0.39, 0.29) is 5.97 Å². The molecule has 0 atom stereocenters. The molecular formula is C11H20O2. The summed E-state index contributed by atoms with van der Waals surface area (Å²) in [5.74, 6) is 1.52. The van der Waals surface area contributed by atoms with Gasteiger partial charge in [0, 0.05) is 13.3 Å². The van der Waals surface area contributed by atoms with Crippen LogP contribution < -0.4 is 0 Å². The lowest BCUT2D eigenvalue weighted by atomic mass is 10.1. The summed E-state index contributed by atoms with van der Waals surface area (Å²) in [5.41, 5.74) is 0. The van der Waals surface area contributed by atoms with Crippen LogP contribution >= 0.6 is 0 Å². The number of hydrogen-bond donors (Lipinski definition) is 0. The van der Waals surface area contributed by atoms with Gasteiger partial charge < -0.3 is 4.74 Å². The third-order valence-corrected chi connectivity index (χ3v) is 1.40. The first kappa shape index (κ1) is 12.2. The number of carbonyl (C=O) groups excluding carboxylic acids is 1. The van der Waals surface area contributed by atoms with E-state index in [9.17, 15) is 4.79 Å². The molecule has 0 saturated heterocycles. The maximum absolute atomic E-state index is 10.8. The summed E-state index contributed by atoms with van der Waals surface area (Å²) in [7, 11) is 0. The van der Waals surface area contributed by atoms with E-state index in [1.54, 1.807) is 0 Å². The van der Waals surface area contributed by atoms with Gasteiger partial charge in [-0.15, -0.1) is 0 Å². The lowest BCUT2D eigenvalue weighted by molar-refractivity contribution is -0.137. The van der Waals surface area contributed by atoms with Crippen LogP contribution in [0.3, 0.4) is 0 Å². The van der Waals surface area contributed by atoms with Crippen molar-refractivity contribution in [2.24, 2.45) is 11.8 Å². The summed E-state index contributed by atoms with van der Waals surface area (Å²) in [6.07, 6.45) is 2.83. The van der Waals surface area contributed by atoms with E-state index in [4.69, 9.17) is 4.74 Å². The molecule has 0 N–H and O–H groups in total. The van der Waals surface area contributed by atoms with Gasteiger partial charge in [-0.3, -0.25) is 4.79 Å². The van der Waals surface area contributed by atoms with Gasteiger partial charge in [0.25, 0.3) is 0 Å². The van der Waals surface area contributed by atoms with Gasteiger partial charge in [-0.25, -0.2) is 0 Å². The zero-order valence-corrected chi connectivity index (χ0v) is 9.26. The molecule has 2 heteroatoms. The first-order chi connectivity index (χ1) is 5.91. The van der Waals surface area contributed by atoms with Crippen molar-refractivity contribution in [1.82, 2.24) is 0 Å². The van der Waals surface area contributed by atoms with E-state index >= 15 is 0 Å². The molecule has 0 aromatic rings. The van der Waals surface area contributed by atoms with Crippen LogP contribution in [0, 0.1) is 11.8 Å². The fourth-order valence-electron chi connectivity index (χ4n) is 1.10. The highest BCUT2D eigenvalue weighted by atomic mass is 16.5. The average molecular weight is 184 g/mol. The van der Waals surface area contributed by atoms with Gasteiger partial charge in [-0.2, -0.15) is 0 Å². The van der Waals surface area contributed by atoms with Crippen molar-refractivity contribution in [1.29, 1.82) is 0 Å². The summed E-state index contributed by atoms with van der Waals surface area (Å²) in [5, 5.41) is 0. The van der Waals surface area contributed by atoms with Crippen LogP contribution in [0.25, 0.3) is 0 Å². The lowest BCUT2D eigenvalue weighted by Crippen LogP contribution is -2.03. The molecule has 0 unspecified atom stereocenters. The highest BCUT2D eigenvalue weighted by molar-refractivity contribution is 5.67. The van der Waals surface area contributed by atoms with Gasteiger partial charge in [-0.1, -0.05) is 27.7 Å². The Bertz CT molecular complexity index is 190. The van der Waals surface area contributed by atoms with Gasteiger partial charge in [-0.05, 0) is 17.9 Å². The Morgan fingerprint density at radius 1 is 1.31 bits per heavy atom. The molecule has 13 heavy (non-hydrogen) atoms. The Balaban J connectivity index is 4.27. The summed E-state index contributed by atoms with van der Waals surface area (Å²) in [4.78, 5) is 10.8. The minimum absolute atomic E-state index is 0.229. The van der Waals surface area contributed by atoms with Gasteiger partial charge in [0.15, 0.2) is 0 Å². The molecule has 0 radical (unpaired) electrons. The molecule has 0 heterocycles. The normalized spacial score (nSPS) is 12.4. The molecule has 0 aliphatic rings. The van der Waals surface area contributed by atoms with Crippen LogP contribution in [0.15, 0.2) is 11.8 Å². The molecule has 0 aromatic carbocycles. The number of esters is 1. The summed E-state index contributed by atoms with van der Waals surface area (Å²) >= 11 is 0. The number of allylic oxidation sites excluding steroid dienone is 2. The van der Waals surface area contributed by atoms with E-state index < -0.39 is 0 Å². The number of carbonyl (C=O) groups is 1. The van der Waals surface area contributed by atoms with Crippen LogP contribution in [0.5, 0.6) is 0 Å². The highest BCUT2D eigenvalue weighted by Crippen LogP contribution is 2.14. The second-order valence-corrected chi connectivity index (χ2v) is 4.07. The molecular weight excluding hydrogens is 164 g/mol. The van der Waals surface area contributed by atoms with E-state index in [2.05, 4.69) is 27.7 Å². The van der Waals surface area contributed by atoms with Crippen LogP contribution in [0.2, 0.25) is 0 Å². The highest BCUT2D eigenvalue weighted by Gasteiger charge is 2.05. The monoisotopic (exact) mass is 184 g/mol. The maximum Gasteiger partial charge on any atom is 0.307 e. The smallest absolute Gasteiger partial charge is 0.307 e. The molecule has 2 nitrogen and oxygen atoms in total. The van der Waals surface area contributed by atoms with Gasteiger partial charge >= 0.3 is 5.97 Å². The molecule has 0 amide bonds. The molecule has 0 bridgehead atoms. The Morgan fingerprint density at radius 3 is 2.15 bits per heavy atom. The van der Waals surface area contributed by atoms with Crippen LogP contribution in [-0.4, -0.2) is 5.97 Å². The Labute approximate surface area is 81.0 Å². The second-order valence-electron chi connectivity index (χ2n) is 4.07. The van der Waals surface area contributed by atoms with E-state index in [0.717, 1.165) is 12.2 Å². The fourth-order valence-corrected chi connectivity index (χ4v) is 1.10. The summed E-state index contributed by atoms with van der Waals surface area (Å²) < 4.78 is 5.09. The SMILES string of the molecule is CC(=O)OC(=CC(C)C)CC(C)C. The van der Waals surface area contributed by atoms with Crippen molar-refractivity contribution in [3.8, 4) is 0 Å². The van der Waals surface area contributed by atoms with Crippen molar-refractivity contribution in [2.45, 2.75) is 41.0 Å². The van der Waals surface area contributed by atoms with E-state index in [1.807, 2.05) is 6.08 Å². The van der Waals surface area contributed by atoms with E-state index in [0.29, 0.717) is 11.8 Å². The van der Waals surface area contributed by atoms with Gasteiger partial charge in [0.05, 0.1) is 0 Å². The van der Waals surface area contributed by atoms with Crippen molar-refractivity contribution in [2.75, 3.05) is 0 Å². The Morgan fingerprint density at radius 2 is 1.85 bits per heavy atom.